The second kappa shape index (κ2) is 8.92. The predicted octanol–water partition coefficient (Wildman–Crippen LogP) is 2.96. The number of aryl methyl sites for hydroxylation is 1. The van der Waals surface area contributed by atoms with Crippen molar-refractivity contribution in [3.63, 3.8) is 0 Å². The lowest BCUT2D eigenvalue weighted by Gasteiger charge is -2.32. The summed E-state index contributed by atoms with van der Waals surface area (Å²) in [7, 11) is 2.11. The lowest BCUT2D eigenvalue weighted by Crippen LogP contribution is -2.45. The van der Waals surface area contributed by atoms with E-state index in [1.807, 2.05) is 6.92 Å². The van der Waals surface area contributed by atoms with Gasteiger partial charge >= 0.3 is 6.03 Å². The third-order valence-corrected chi connectivity index (χ3v) is 4.79. The van der Waals surface area contributed by atoms with Crippen molar-refractivity contribution < 1.29 is 9.18 Å². The first kappa shape index (κ1) is 19.3. The van der Waals surface area contributed by atoms with Crippen LogP contribution < -0.4 is 10.6 Å². The van der Waals surface area contributed by atoms with E-state index < -0.39 is 6.03 Å². The highest BCUT2D eigenvalue weighted by molar-refractivity contribution is 5.99. The maximum Gasteiger partial charge on any atom is 0.323 e. The summed E-state index contributed by atoms with van der Waals surface area (Å²) in [6.45, 7) is 6.77. The molecular weight excluding hydrogens is 345 g/mol. The first-order chi connectivity index (χ1) is 13.0. The molecule has 0 bridgehead atoms. The number of benzene rings is 1. The van der Waals surface area contributed by atoms with Gasteiger partial charge in [0, 0.05) is 38.4 Å². The Bertz CT molecular complexity index is 772. The highest BCUT2D eigenvalue weighted by Crippen LogP contribution is 2.19. The van der Waals surface area contributed by atoms with E-state index in [1.165, 1.54) is 0 Å². The number of anilines is 2. The molecule has 1 aliphatic heterocycles. The van der Waals surface area contributed by atoms with Crippen LogP contribution in [0.2, 0.25) is 0 Å². The summed E-state index contributed by atoms with van der Waals surface area (Å²) in [6.07, 6.45) is 2.19. The topological polar surface area (TPSA) is 60.5 Å². The van der Waals surface area contributed by atoms with Crippen LogP contribution >= 0.6 is 0 Å². The Hall–Kier alpha value is -2.51. The standard InChI is InChI=1S/C20H26FN5O/c1-15-6-7-17(14-22-15)23-20(27)24-18-5-3-4-16(19(18)21)8-9-26-12-10-25(2)11-13-26/h3-7,14H,8-13H2,1-2H3,(H2,23,24,27). The second-order valence-corrected chi connectivity index (χ2v) is 6.94. The van der Waals surface area contributed by atoms with E-state index in [4.69, 9.17) is 0 Å². The summed E-state index contributed by atoms with van der Waals surface area (Å²) < 4.78 is 14.8. The minimum absolute atomic E-state index is 0.184. The van der Waals surface area contributed by atoms with Crippen LogP contribution in [-0.2, 0) is 6.42 Å². The van der Waals surface area contributed by atoms with Crippen molar-refractivity contribution in [3.8, 4) is 0 Å². The Morgan fingerprint density at radius 3 is 2.63 bits per heavy atom. The summed E-state index contributed by atoms with van der Waals surface area (Å²) >= 11 is 0. The maximum atomic E-state index is 14.8. The monoisotopic (exact) mass is 371 g/mol. The SMILES string of the molecule is Cc1ccc(NC(=O)Nc2cccc(CCN3CCN(C)CC3)c2F)cn1. The molecule has 0 unspecified atom stereocenters. The number of nitrogens with one attached hydrogen (secondary N) is 2. The van der Waals surface area contributed by atoms with Crippen molar-refractivity contribution >= 4 is 17.4 Å². The molecule has 2 heterocycles. The average Bonchev–Trinajstić information content (AvgIpc) is 2.66. The van der Waals surface area contributed by atoms with Gasteiger partial charge in [-0.15, -0.1) is 0 Å². The number of urea groups is 1. The number of hydrogen-bond donors (Lipinski definition) is 2. The molecule has 6 nitrogen and oxygen atoms in total. The van der Waals surface area contributed by atoms with Crippen molar-refractivity contribution in [1.29, 1.82) is 0 Å². The molecule has 1 aromatic heterocycles. The molecule has 27 heavy (non-hydrogen) atoms. The van der Waals surface area contributed by atoms with Crippen molar-refractivity contribution in [3.05, 3.63) is 53.6 Å². The fourth-order valence-electron chi connectivity index (χ4n) is 3.05. The Labute approximate surface area is 159 Å². The molecule has 1 fully saturated rings. The number of carbonyl (C=O) groups excluding carboxylic acids is 1. The highest BCUT2D eigenvalue weighted by Gasteiger charge is 2.15. The zero-order valence-corrected chi connectivity index (χ0v) is 15.8. The molecule has 0 atom stereocenters. The van der Waals surface area contributed by atoms with E-state index in [9.17, 15) is 9.18 Å². The molecule has 2 aromatic rings. The van der Waals surface area contributed by atoms with Gasteiger partial charge in [0.05, 0.1) is 17.6 Å². The third-order valence-electron chi connectivity index (χ3n) is 4.79. The lowest BCUT2D eigenvalue weighted by molar-refractivity contribution is 0.155. The van der Waals surface area contributed by atoms with Crippen LogP contribution in [0.4, 0.5) is 20.6 Å². The van der Waals surface area contributed by atoms with Gasteiger partial charge in [-0.05, 0) is 44.2 Å². The van der Waals surface area contributed by atoms with E-state index in [0.29, 0.717) is 17.7 Å². The minimum Gasteiger partial charge on any atom is -0.306 e. The van der Waals surface area contributed by atoms with Crippen LogP contribution in [0.1, 0.15) is 11.3 Å². The molecule has 3 rings (SSSR count). The van der Waals surface area contributed by atoms with Crippen molar-refractivity contribution in [2.75, 3.05) is 50.4 Å². The number of nitrogens with zero attached hydrogens (tertiary/aromatic N) is 3. The molecule has 1 aromatic carbocycles. The summed E-state index contributed by atoms with van der Waals surface area (Å²) in [4.78, 5) is 20.9. The second-order valence-electron chi connectivity index (χ2n) is 6.94. The molecule has 2 N–H and O–H groups in total. The van der Waals surface area contributed by atoms with Gasteiger partial charge in [0.15, 0.2) is 0 Å². The van der Waals surface area contributed by atoms with Crippen LogP contribution in [0.5, 0.6) is 0 Å². The van der Waals surface area contributed by atoms with Gasteiger partial charge in [0.2, 0.25) is 0 Å². The van der Waals surface area contributed by atoms with Crippen LogP contribution in [0, 0.1) is 12.7 Å². The zero-order valence-electron chi connectivity index (χ0n) is 15.8. The Balaban J connectivity index is 1.57. The minimum atomic E-state index is -0.490. The fourth-order valence-corrected chi connectivity index (χ4v) is 3.05. The van der Waals surface area contributed by atoms with Crippen LogP contribution in [0.3, 0.4) is 0 Å². The molecule has 7 heteroatoms. The van der Waals surface area contributed by atoms with Gasteiger partial charge in [0.25, 0.3) is 0 Å². The summed E-state index contributed by atoms with van der Waals surface area (Å²) in [5, 5.41) is 5.24. The smallest absolute Gasteiger partial charge is 0.306 e. The Kier molecular flexibility index (Phi) is 6.36. The van der Waals surface area contributed by atoms with E-state index in [-0.39, 0.29) is 11.5 Å². The number of pyridine rings is 1. The Morgan fingerprint density at radius 1 is 1.15 bits per heavy atom. The normalized spacial score (nSPS) is 15.5. The van der Waals surface area contributed by atoms with Gasteiger partial charge in [-0.25, -0.2) is 9.18 Å². The molecule has 1 aliphatic rings. The number of aromatic nitrogens is 1. The molecule has 2 amide bonds. The average molecular weight is 371 g/mol. The zero-order chi connectivity index (χ0) is 19.2. The lowest BCUT2D eigenvalue weighted by atomic mass is 10.1. The fraction of sp³-hybridized carbons (Fsp3) is 0.400. The number of likely N-dealkylation sites (N-methyl/N-ethyl adjacent to an activating group) is 1. The first-order valence-electron chi connectivity index (χ1n) is 9.20. The molecule has 1 saturated heterocycles. The Morgan fingerprint density at radius 2 is 1.93 bits per heavy atom. The number of halogens is 1. The summed E-state index contributed by atoms with van der Waals surface area (Å²) in [6, 6.07) is 8.18. The maximum absolute atomic E-state index is 14.8. The van der Waals surface area contributed by atoms with E-state index in [1.54, 1.807) is 36.5 Å². The quantitative estimate of drug-likeness (QED) is 0.848. The largest absolute Gasteiger partial charge is 0.323 e. The highest BCUT2D eigenvalue weighted by atomic mass is 19.1. The number of piperazine rings is 1. The number of amides is 2. The van der Waals surface area contributed by atoms with Crippen LogP contribution in [0.15, 0.2) is 36.5 Å². The number of rotatable bonds is 5. The number of carbonyl (C=O) groups is 1. The van der Waals surface area contributed by atoms with Crippen molar-refractivity contribution in [2.45, 2.75) is 13.3 Å². The summed E-state index contributed by atoms with van der Waals surface area (Å²) in [5.74, 6) is -0.371. The van der Waals surface area contributed by atoms with Gasteiger partial charge in [-0.2, -0.15) is 0 Å². The van der Waals surface area contributed by atoms with Gasteiger partial charge in [-0.1, -0.05) is 12.1 Å². The van der Waals surface area contributed by atoms with Gasteiger partial charge in [-0.3, -0.25) is 4.98 Å². The molecule has 0 spiro atoms. The van der Waals surface area contributed by atoms with Crippen LogP contribution in [-0.4, -0.2) is 60.6 Å². The third kappa shape index (κ3) is 5.48. The first-order valence-corrected chi connectivity index (χ1v) is 9.20. The molecule has 0 saturated carbocycles. The van der Waals surface area contributed by atoms with Crippen LogP contribution in [0.25, 0.3) is 0 Å². The number of hydrogen-bond acceptors (Lipinski definition) is 4. The predicted molar refractivity (Wildman–Crippen MR) is 106 cm³/mol. The van der Waals surface area contributed by atoms with Gasteiger partial charge < -0.3 is 20.4 Å². The van der Waals surface area contributed by atoms with Gasteiger partial charge in [0.1, 0.15) is 5.82 Å². The summed E-state index contributed by atoms with van der Waals surface area (Å²) in [5.41, 5.74) is 2.22. The molecular formula is C20H26FN5O. The molecule has 144 valence electrons. The van der Waals surface area contributed by atoms with E-state index in [0.717, 1.165) is 38.4 Å². The van der Waals surface area contributed by atoms with Crippen molar-refractivity contribution in [2.24, 2.45) is 0 Å². The van der Waals surface area contributed by atoms with Crippen molar-refractivity contribution in [1.82, 2.24) is 14.8 Å². The molecule has 0 radical (unpaired) electrons. The van der Waals surface area contributed by atoms with E-state index in [2.05, 4.69) is 32.5 Å². The van der Waals surface area contributed by atoms with E-state index >= 15 is 0 Å². The molecule has 0 aliphatic carbocycles.